The standard InChI is InChI=1S/C37H35N5O5/c38-42-41-33(27-44-23-28-13-5-1-6-14-28)35(45-24-29-15-7-2-8-16-29)21-34(43)32-22-39-37(47-26-31-19-11-4-12-20-31)40-36(32)46-25-30-17-9-3-10-18-30/h1-20,22,33,35H,21,23-27H2/t33-,35+/m1/s1. The number of aromatic nitrogens is 2. The second kappa shape index (κ2) is 17.8. The Hall–Kier alpha value is -5.54. The first-order chi connectivity index (χ1) is 23.2. The summed E-state index contributed by atoms with van der Waals surface area (Å²) in [6.45, 7) is 0.992. The summed E-state index contributed by atoms with van der Waals surface area (Å²) >= 11 is 0. The third kappa shape index (κ3) is 10.5. The molecule has 2 atom stereocenters. The Morgan fingerprint density at radius 1 is 0.702 bits per heavy atom. The predicted octanol–water partition coefficient (Wildman–Crippen LogP) is 7.69. The minimum absolute atomic E-state index is 0.0474. The largest absolute Gasteiger partial charge is 0.472 e. The molecule has 0 saturated heterocycles. The molecule has 0 aliphatic heterocycles. The van der Waals surface area contributed by atoms with Crippen LogP contribution < -0.4 is 9.47 Å². The number of Topliss-reactive ketones (excluding diaryl/α,β-unsaturated/α-hetero) is 1. The van der Waals surface area contributed by atoms with Crippen LogP contribution in [0.15, 0.2) is 133 Å². The van der Waals surface area contributed by atoms with Gasteiger partial charge in [0.15, 0.2) is 5.78 Å². The van der Waals surface area contributed by atoms with Gasteiger partial charge in [0.2, 0.25) is 5.88 Å². The number of benzene rings is 4. The Morgan fingerprint density at radius 3 is 1.77 bits per heavy atom. The van der Waals surface area contributed by atoms with Gasteiger partial charge in [0, 0.05) is 17.5 Å². The van der Waals surface area contributed by atoms with Crippen molar-refractivity contribution in [2.75, 3.05) is 6.61 Å². The second-order valence-corrected chi connectivity index (χ2v) is 10.7. The number of azide groups is 1. The van der Waals surface area contributed by atoms with Gasteiger partial charge >= 0.3 is 6.01 Å². The van der Waals surface area contributed by atoms with E-state index in [1.165, 1.54) is 6.20 Å². The average Bonchev–Trinajstić information content (AvgIpc) is 3.13. The summed E-state index contributed by atoms with van der Waals surface area (Å²) < 4.78 is 24.1. The van der Waals surface area contributed by atoms with Gasteiger partial charge in [-0.25, -0.2) is 4.98 Å². The number of hydrogen-bond donors (Lipinski definition) is 0. The summed E-state index contributed by atoms with van der Waals surface area (Å²) in [5.74, 6) is -0.263. The number of rotatable bonds is 18. The molecular formula is C37H35N5O5. The zero-order valence-electron chi connectivity index (χ0n) is 25.8. The molecule has 0 amide bonds. The van der Waals surface area contributed by atoms with Crippen molar-refractivity contribution < 1.29 is 23.7 Å². The van der Waals surface area contributed by atoms with Crippen molar-refractivity contribution in [3.63, 3.8) is 0 Å². The number of hydrogen-bond acceptors (Lipinski definition) is 8. The molecule has 0 aliphatic rings. The molecule has 10 nitrogen and oxygen atoms in total. The van der Waals surface area contributed by atoms with Crippen molar-refractivity contribution in [3.8, 4) is 11.9 Å². The highest BCUT2D eigenvalue weighted by Gasteiger charge is 2.28. The zero-order valence-corrected chi connectivity index (χ0v) is 25.8. The number of carbonyl (C=O) groups is 1. The highest BCUT2D eigenvalue weighted by Crippen LogP contribution is 2.24. The maximum Gasteiger partial charge on any atom is 0.320 e. The summed E-state index contributed by atoms with van der Waals surface area (Å²) in [6, 6.07) is 37.7. The van der Waals surface area contributed by atoms with E-state index in [1.54, 1.807) is 0 Å². The third-order valence-corrected chi connectivity index (χ3v) is 7.18. The van der Waals surface area contributed by atoms with Gasteiger partial charge in [-0.2, -0.15) is 4.98 Å². The predicted molar refractivity (Wildman–Crippen MR) is 177 cm³/mol. The summed E-state index contributed by atoms with van der Waals surface area (Å²) in [4.78, 5) is 25.8. The molecule has 4 aromatic carbocycles. The average molecular weight is 630 g/mol. The first-order valence-corrected chi connectivity index (χ1v) is 15.2. The van der Waals surface area contributed by atoms with E-state index in [-0.39, 0.29) is 56.1 Å². The molecule has 238 valence electrons. The molecule has 0 unspecified atom stereocenters. The molecule has 0 radical (unpaired) electrons. The van der Waals surface area contributed by atoms with Crippen LogP contribution in [-0.4, -0.2) is 34.5 Å². The van der Waals surface area contributed by atoms with Crippen molar-refractivity contribution in [2.24, 2.45) is 5.11 Å². The van der Waals surface area contributed by atoms with E-state index >= 15 is 0 Å². The smallest absolute Gasteiger partial charge is 0.320 e. The number of nitrogens with zero attached hydrogens (tertiary/aromatic N) is 5. The Labute approximate surface area is 273 Å². The summed E-state index contributed by atoms with van der Waals surface area (Å²) in [7, 11) is 0. The van der Waals surface area contributed by atoms with E-state index in [0.717, 1.165) is 22.3 Å². The molecule has 5 aromatic rings. The molecule has 0 saturated carbocycles. The van der Waals surface area contributed by atoms with Gasteiger partial charge in [0.1, 0.15) is 13.2 Å². The fourth-order valence-corrected chi connectivity index (χ4v) is 4.70. The molecule has 0 bridgehead atoms. The Kier molecular flexibility index (Phi) is 12.5. The van der Waals surface area contributed by atoms with Crippen LogP contribution in [0.1, 0.15) is 39.0 Å². The van der Waals surface area contributed by atoms with E-state index < -0.39 is 12.1 Å². The van der Waals surface area contributed by atoms with Crippen LogP contribution in [0.25, 0.3) is 10.4 Å². The molecule has 47 heavy (non-hydrogen) atoms. The van der Waals surface area contributed by atoms with Crippen molar-refractivity contribution in [2.45, 2.75) is 45.0 Å². The number of carbonyl (C=O) groups excluding carboxylic acids is 1. The minimum Gasteiger partial charge on any atom is -0.472 e. The summed E-state index contributed by atoms with van der Waals surface area (Å²) in [5.41, 5.74) is 13.3. The minimum atomic E-state index is -0.814. The number of ether oxygens (including phenoxy) is 4. The highest BCUT2D eigenvalue weighted by atomic mass is 16.5. The Bertz CT molecular complexity index is 1720. The van der Waals surface area contributed by atoms with E-state index in [2.05, 4.69) is 20.0 Å². The summed E-state index contributed by atoms with van der Waals surface area (Å²) in [5, 5.41) is 3.98. The van der Waals surface area contributed by atoms with Crippen LogP contribution >= 0.6 is 0 Å². The lowest BCUT2D eigenvalue weighted by Gasteiger charge is -2.24. The van der Waals surface area contributed by atoms with Gasteiger partial charge in [0.05, 0.1) is 37.5 Å². The lowest BCUT2D eigenvalue weighted by molar-refractivity contribution is -0.00743. The van der Waals surface area contributed by atoms with E-state index in [1.807, 2.05) is 121 Å². The molecular weight excluding hydrogens is 594 g/mol. The normalized spacial score (nSPS) is 12.0. The molecule has 0 aliphatic carbocycles. The molecule has 5 rings (SSSR count). The topological polar surface area (TPSA) is 129 Å². The van der Waals surface area contributed by atoms with Gasteiger partial charge in [-0.05, 0) is 27.8 Å². The van der Waals surface area contributed by atoms with Crippen molar-refractivity contribution in [1.29, 1.82) is 0 Å². The molecule has 1 heterocycles. The fraction of sp³-hybridized carbons (Fsp3) is 0.216. The quantitative estimate of drug-likeness (QED) is 0.0421. The molecule has 1 aromatic heterocycles. The van der Waals surface area contributed by atoms with Gasteiger partial charge in [-0.15, -0.1) is 0 Å². The molecule has 10 heteroatoms. The number of ketones is 1. The maximum absolute atomic E-state index is 13.9. The lowest BCUT2D eigenvalue weighted by atomic mass is 10.0. The van der Waals surface area contributed by atoms with Crippen molar-refractivity contribution >= 4 is 5.78 Å². The molecule has 0 spiro atoms. The fourth-order valence-electron chi connectivity index (χ4n) is 4.70. The van der Waals surface area contributed by atoms with Crippen molar-refractivity contribution in [1.82, 2.24) is 9.97 Å². The Balaban J connectivity index is 1.36. The lowest BCUT2D eigenvalue weighted by Crippen LogP contribution is -2.33. The molecule has 0 fully saturated rings. The monoisotopic (exact) mass is 629 g/mol. The first kappa shape index (κ1) is 32.8. The van der Waals surface area contributed by atoms with Gasteiger partial charge in [0.25, 0.3) is 0 Å². The highest BCUT2D eigenvalue weighted by molar-refractivity contribution is 5.98. The maximum atomic E-state index is 13.9. The van der Waals surface area contributed by atoms with E-state index in [0.29, 0.717) is 6.61 Å². The second-order valence-electron chi connectivity index (χ2n) is 10.7. The van der Waals surface area contributed by atoms with Crippen LogP contribution in [-0.2, 0) is 35.9 Å². The van der Waals surface area contributed by atoms with Crippen molar-refractivity contribution in [3.05, 3.63) is 166 Å². The van der Waals surface area contributed by atoms with Crippen LogP contribution in [0.2, 0.25) is 0 Å². The third-order valence-electron chi connectivity index (χ3n) is 7.18. The van der Waals surface area contributed by atoms with E-state index in [4.69, 9.17) is 18.9 Å². The summed E-state index contributed by atoms with van der Waals surface area (Å²) in [6.07, 6.45) is 0.449. The van der Waals surface area contributed by atoms with Gasteiger partial charge < -0.3 is 18.9 Å². The van der Waals surface area contributed by atoms with Gasteiger partial charge in [-0.3, -0.25) is 4.79 Å². The van der Waals surface area contributed by atoms with Crippen LogP contribution in [0.4, 0.5) is 0 Å². The first-order valence-electron chi connectivity index (χ1n) is 15.2. The SMILES string of the molecule is [N-]=[N+]=N[C@H](COCc1ccccc1)[C@H](CC(=O)c1cnc(OCc2ccccc2)nc1OCc1ccccc1)OCc1ccccc1. The van der Waals surface area contributed by atoms with Crippen LogP contribution in [0.5, 0.6) is 11.9 Å². The van der Waals surface area contributed by atoms with Crippen LogP contribution in [0.3, 0.4) is 0 Å². The van der Waals surface area contributed by atoms with E-state index in [9.17, 15) is 10.3 Å². The Morgan fingerprint density at radius 2 is 1.21 bits per heavy atom. The zero-order chi connectivity index (χ0) is 32.5. The van der Waals surface area contributed by atoms with Gasteiger partial charge in [-0.1, -0.05) is 126 Å². The molecule has 0 N–H and O–H groups in total. The van der Waals surface area contributed by atoms with Crippen LogP contribution in [0, 0.1) is 0 Å².